The van der Waals surface area contributed by atoms with Gasteiger partial charge in [0.1, 0.15) is 0 Å². The Balaban J connectivity index is 2.26. The maximum Gasteiger partial charge on any atom is 0.0850 e. The summed E-state index contributed by atoms with van der Waals surface area (Å²) in [6, 6.07) is 0.200. The Morgan fingerprint density at radius 1 is 1.35 bits per heavy atom. The molecular formula is C14H22ClN5. The SMILES string of the molecule is CCNC(Cc1c(Cl)c(CC)nn1C)c1cnn(C)c1. The van der Waals surface area contributed by atoms with Gasteiger partial charge in [-0.3, -0.25) is 9.36 Å². The lowest BCUT2D eigenvalue weighted by Crippen LogP contribution is -2.23. The molecule has 0 aromatic carbocycles. The number of hydrogen-bond donors (Lipinski definition) is 1. The minimum Gasteiger partial charge on any atom is -0.310 e. The minimum atomic E-state index is 0.200. The molecule has 0 saturated carbocycles. The molecule has 1 N–H and O–H groups in total. The summed E-state index contributed by atoms with van der Waals surface area (Å²) in [4.78, 5) is 0. The summed E-state index contributed by atoms with van der Waals surface area (Å²) in [5.74, 6) is 0. The first-order valence-corrected chi connectivity index (χ1v) is 7.36. The van der Waals surface area contributed by atoms with E-state index in [1.807, 2.05) is 35.9 Å². The smallest absolute Gasteiger partial charge is 0.0850 e. The van der Waals surface area contributed by atoms with Gasteiger partial charge in [-0.1, -0.05) is 25.4 Å². The standard InChI is InChI=1S/C14H22ClN5/c1-5-11-14(15)13(20(4)18-11)7-12(16-6-2)10-8-17-19(3)9-10/h8-9,12,16H,5-7H2,1-4H3. The van der Waals surface area contributed by atoms with E-state index in [4.69, 9.17) is 11.6 Å². The Hall–Kier alpha value is -1.33. The van der Waals surface area contributed by atoms with Gasteiger partial charge in [0.15, 0.2) is 0 Å². The van der Waals surface area contributed by atoms with Crippen LogP contribution in [0.25, 0.3) is 0 Å². The highest BCUT2D eigenvalue weighted by Crippen LogP contribution is 2.26. The van der Waals surface area contributed by atoms with Crippen molar-refractivity contribution >= 4 is 11.6 Å². The van der Waals surface area contributed by atoms with Gasteiger partial charge in [0.05, 0.1) is 22.6 Å². The van der Waals surface area contributed by atoms with Crippen LogP contribution in [0.1, 0.15) is 36.8 Å². The molecule has 0 aliphatic rings. The first-order valence-electron chi connectivity index (χ1n) is 6.98. The van der Waals surface area contributed by atoms with E-state index in [1.54, 1.807) is 0 Å². The Morgan fingerprint density at radius 2 is 2.10 bits per heavy atom. The summed E-state index contributed by atoms with van der Waals surface area (Å²) in [6.07, 6.45) is 5.60. The lowest BCUT2D eigenvalue weighted by Gasteiger charge is -2.16. The lowest BCUT2D eigenvalue weighted by molar-refractivity contribution is 0.528. The number of rotatable bonds is 6. The molecule has 20 heavy (non-hydrogen) atoms. The summed E-state index contributed by atoms with van der Waals surface area (Å²) < 4.78 is 3.71. The molecule has 6 heteroatoms. The molecule has 5 nitrogen and oxygen atoms in total. The highest BCUT2D eigenvalue weighted by Gasteiger charge is 2.19. The van der Waals surface area contributed by atoms with Crippen molar-refractivity contribution in [2.45, 2.75) is 32.7 Å². The van der Waals surface area contributed by atoms with Crippen LogP contribution in [0, 0.1) is 0 Å². The van der Waals surface area contributed by atoms with Crippen molar-refractivity contribution in [2.24, 2.45) is 14.1 Å². The van der Waals surface area contributed by atoms with Gasteiger partial charge >= 0.3 is 0 Å². The van der Waals surface area contributed by atoms with Gasteiger partial charge in [-0.25, -0.2) is 0 Å². The summed E-state index contributed by atoms with van der Waals surface area (Å²) in [7, 11) is 3.88. The molecule has 0 saturated heterocycles. The molecule has 2 aromatic rings. The lowest BCUT2D eigenvalue weighted by atomic mass is 10.0. The molecule has 0 fully saturated rings. The first kappa shape index (κ1) is 15.1. The zero-order valence-electron chi connectivity index (χ0n) is 12.5. The summed E-state index contributed by atoms with van der Waals surface area (Å²) in [5, 5.41) is 13.0. The van der Waals surface area contributed by atoms with Crippen molar-refractivity contribution in [1.82, 2.24) is 24.9 Å². The molecule has 0 bridgehead atoms. The van der Waals surface area contributed by atoms with Crippen LogP contribution in [0.4, 0.5) is 0 Å². The molecule has 2 heterocycles. The van der Waals surface area contributed by atoms with E-state index in [2.05, 4.69) is 29.4 Å². The monoisotopic (exact) mass is 295 g/mol. The molecule has 0 aliphatic carbocycles. The first-order chi connectivity index (χ1) is 9.56. The van der Waals surface area contributed by atoms with Gasteiger partial charge in [-0.15, -0.1) is 0 Å². The zero-order valence-corrected chi connectivity index (χ0v) is 13.3. The van der Waals surface area contributed by atoms with Crippen LogP contribution in [0.3, 0.4) is 0 Å². The van der Waals surface area contributed by atoms with Gasteiger partial charge in [0, 0.05) is 38.3 Å². The normalized spacial score (nSPS) is 12.8. The summed E-state index contributed by atoms with van der Waals surface area (Å²) in [6.45, 7) is 5.07. The van der Waals surface area contributed by atoms with E-state index in [9.17, 15) is 0 Å². The number of nitrogens with zero attached hydrogens (tertiary/aromatic N) is 4. The average Bonchev–Trinajstić information content (AvgIpc) is 2.96. The highest BCUT2D eigenvalue weighted by molar-refractivity contribution is 6.31. The molecule has 0 spiro atoms. The van der Waals surface area contributed by atoms with E-state index in [0.29, 0.717) is 0 Å². The molecule has 2 aromatic heterocycles. The molecular weight excluding hydrogens is 274 g/mol. The molecule has 2 rings (SSSR count). The predicted octanol–water partition coefficient (Wildman–Crippen LogP) is 2.26. The number of likely N-dealkylation sites (N-methyl/N-ethyl adjacent to an activating group) is 1. The fourth-order valence-corrected chi connectivity index (χ4v) is 2.78. The van der Waals surface area contributed by atoms with Crippen molar-refractivity contribution in [1.29, 1.82) is 0 Å². The molecule has 1 unspecified atom stereocenters. The Bertz CT molecular complexity index is 572. The van der Waals surface area contributed by atoms with Crippen LogP contribution in [0.15, 0.2) is 12.4 Å². The van der Waals surface area contributed by atoms with Gasteiger partial charge in [0.25, 0.3) is 0 Å². The third-order valence-electron chi connectivity index (χ3n) is 3.48. The number of halogens is 1. The number of hydrogen-bond acceptors (Lipinski definition) is 3. The van der Waals surface area contributed by atoms with Gasteiger partial charge in [-0.2, -0.15) is 10.2 Å². The second-order valence-electron chi connectivity index (χ2n) is 4.95. The maximum atomic E-state index is 6.43. The molecule has 0 aliphatic heterocycles. The van der Waals surface area contributed by atoms with Crippen molar-refractivity contribution in [2.75, 3.05) is 6.54 Å². The number of nitrogens with one attached hydrogen (secondary N) is 1. The maximum absolute atomic E-state index is 6.43. The molecule has 0 radical (unpaired) electrons. The van der Waals surface area contributed by atoms with E-state index < -0.39 is 0 Å². The van der Waals surface area contributed by atoms with Crippen LogP contribution in [0.5, 0.6) is 0 Å². The summed E-state index contributed by atoms with van der Waals surface area (Å²) >= 11 is 6.43. The van der Waals surface area contributed by atoms with E-state index in [-0.39, 0.29) is 6.04 Å². The predicted molar refractivity (Wildman–Crippen MR) is 80.9 cm³/mol. The highest BCUT2D eigenvalue weighted by atomic mass is 35.5. The minimum absolute atomic E-state index is 0.200. The molecule has 1 atom stereocenters. The van der Waals surface area contributed by atoms with Crippen LogP contribution in [-0.4, -0.2) is 26.1 Å². The Morgan fingerprint density at radius 3 is 2.60 bits per heavy atom. The topological polar surface area (TPSA) is 47.7 Å². The largest absolute Gasteiger partial charge is 0.310 e. The van der Waals surface area contributed by atoms with Crippen molar-refractivity contribution < 1.29 is 0 Å². The average molecular weight is 296 g/mol. The molecule has 0 amide bonds. The fourth-order valence-electron chi connectivity index (χ4n) is 2.41. The van der Waals surface area contributed by atoms with Crippen LogP contribution in [-0.2, 0) is 26.9 Å². The van der Waals surface area contributed by atoms with Gasteiger partial charge in [-0.05, 0) is 13.0 Å². The van der Waals surface area contributed by atoms with E-state index >= 15 is 0 Å². The van der Waals surface area contributed by atoms with Gasteiger partial charge in [0.2, 0.25) is 0 Å². The second kappa shape index (κ2) is 6.41. The summed E-state index contributed by atoms with van der Waals surface area (Å²) in [5.41, 5.74) is 3.20. The quantitative estimate of drug-likeness (QED) is 0.889. The van der Waals surface area contributed by atoms with Crippen molar-refractivity contribution in [3.05, 3.63) is 34.4 Å². The molecule has 110 valence electrons. The van der Waals surface area contributed by atoms with E-state index in [0.717, 1.165) is 35.8 Å². The van der Waals surface area contributed by atoms with Crippen LogP contribution in [0.2, 0.25) is 5.02 Å². The van der Waals surface area contributed by atoms with Crippen LogP contribution >= 0.6 is 11.6 Å². The Kier molecular flexibility index (Phi) is 4.83. The Labute approximate surface area is 124 Å². The van der Waals surface area contributed by atoms with E-state index in [1.165, 1.54) is 5.56 Å². The number of aromatic nitrogens is 4. The van der Waals surface area contributed by atoms with Gasteiger partial charge < -0.3 is 5.32 Å². The third kappa shape index (κ3) is 3.04. The van der Waals surface area contributed by atoms with Crippen molar-refractivity contribution in [3.63, 3.8) is 0 Å². The van der Waals surface area contributed by atoms with Crippen LogP contribution < -0.4 is 5.32 Å². The number of aryl methyl sites for hydroxylation is 3. The zero-order chi connectivity index (χ0) is 14.7. The third-order valence-corrected chi connectivity index (χ3v) is 3.91. The second-order valence-corrected chi connectivity index (χ2v) is 5.32. The van der Waals surface area contributed by atoms with Crippen molar-refractivity contribution in [3.8, 4) is 0 Å². The fraction of sp³-hybridized carbons (Fsp3) is 0.571.